The van der Waals surface area contributed by atoms with Gasteiger partial charge < -0.3 is 0 Å². The number of nitrogens with zero attached hydrogens (tertiary/aromatic N) is 2. The number of halogens is 2. The lowest BCUT2D eigenvalue weighted by Crippen LogP contribution is -2.41. The molecular formula is C12H10BrFN4O2S. The monoisotopic (exact) mass is 372 g/mol. The molecule has 0 atom stereocenters. The van der Waals surface area contributed by atoms with E-state index in [1.54, 1.807) is 0 Å². The number of hydrogen-bond donors (Lipinski definition) is 2. The summed E-state index contributed by atoms with van der Waals surface area (Å²) >= 11 is 4.04. The van der Waals surface area contributed by atoms with E-state index in [1.807, 2.05) is 6.92 Å². The summed E-state index contributed by atoms with van der Waals surface area (Å²) < 4.78 is 16.9. The van der Waals surface area contributed by atoms with Crippen molar-refractivity contribution in [3.63, 3.8) is 0 Å². The molecule has 0 radical (unpaired) electrons. The number of nitrogens with one attached hydrogen (secondary N) is 2. The van der Waals surface area contributed by atoms with Crippen LogP contribution >= 0.6 is 27.5 Å². The van der Waals surface area contributed by atoms with Crippen LogP contribution in [0.5, 0.6) is 0 Å². The number of rotatable bonds is 3. The summed E-state index contributed by atoms with van der Waals surface area (Å²) in [5, 5.41) is 3.81. The van der Waals surface area contributed by atoms with E-state index in [-0.39, 0.29) is 5.56 Å². The van der Waals surface area contributed by atoms with Gasteiger partial charge in [0.05, 0.1) is 11.3 Å². The molecule has 2 rings (SSSR count). The molecule has 0 unspecified atom stereocenters. The Morgan fingerprint density at radius 1 is 1.33 bits per heavy atom. The number of benzene rings is 1. The third-order valence-corrected chi connectivity index (χ3v) is 3.99. The van der Waals surface area contributed by atoms with Crippen molar-refractivity contribution in [3.8, 4) is 0 Å². The third kappa shape index (κ3) is 3.61. The fourth-order valence-electron chi connectivity index (χ4n) is 1.52. The molecule has 6 nitrogen and oxygen atoms in total. The Morgan fingerprint density at radius 2 is 2.05 bits per heavy atom. The van der Waals surface area contributed by atoms with E-state index in [9.17, 15) is 14.0 Å². The summed E-state index contributed by atoms with van der Waals surface area (Å²) in [4.78, 5) is 24.1. The summed E-state index contributed by atoms with van der Waals surface area (Å²) in [5.41, 5.74) is 5.30. The molecule has 2 amide bonds. The smallest absolute Gasteiger partial charge is 0.267 e. The van der Waals surface area contributed by atoms with Gasteiger partial charge in [-0.15, -0.1) is 5.10 Å². The van der Waals surface area contributed by atoms with Crippen LogP contribution in [0.15, 0.2) is 22.7 Å². The number of aryl methyl sites for hydroxylation is 1. The van der Waals surface area contributed by atoms with Crippen LogP contribution in [0.25, 0.3) is 0 Å². The molecule has 2 N–H and O–H groups in total. The molecule has 0 aliphatic carbocycles. The average Bonchev–Trinajstić information content (AvgIpc) is 2.92. The van der Waals surface area contributed by atoms with Crippen LogP contribution in [0.1, 0.15) is 32.6 Å². The molecule has 2 aromatic rings. The standard InChI is InChI=1S/C12H10BrFN4O2S/c1-2-9-10(21-18-15-9)12(20)17-16-11(19)7-4-3-6(14)5-8(7)13/h3-5H,2H2,1H3,(H,16,19)(H,17,20). The van der Waals surface area contributed by atoms with E-state index in [1.165, 1.54) is 12.1 Å². The maximum absolute atomic E-state index is 13.0. The Morgan fingerprint density at radius 3 is 2.71 bits per heavy atom. The van der Waals surface area contributed by atoms with Crippen LogP contribution in [-0.2, 0) is 6.42 Å². The highest BCUT2D eigenvalue weighted by Crippen LogP contribution is 2.17. The zero-order valence-electron chi connectivity index (χ0n) is 10.8. The van der Waals surface area contributed by atoms with Gasteiger partial charge in [-0.25, -0.2) is 4.39 Å². The second-order valence-electron chi connectivity index (χ2n) is 3.93. The SMILES string of the molecule is CCc1nnsc1C(=O)NNC(=O)c1ccc(F)cc1Br. The number of amides is 2. The lowest BCUT2D eigenvalue weighted by molar-refractivity contribution is 0.0847. The van der Waals surface area contributed by atoms with Gasteiger partial charge in [0, 0.05) is 4.47 Å². The van der Waals surface area contributed by atoms with Gasteiger partial charge in [-0.3, -0.25) is 20.4 Å². The molecule has 0 spiro atoms. The van der Waals surface area contributed by atoms with Crippen molar-refractivity contribution in [2.24, 2.45) is 0 Å². The van der Waals surface area contributed by atoms with E-state index < -0.39 is 17.6 Å². The number of hydrogen-bond acceptors (Lipinski definition) is 5. The van der Waals surface area contributed by atoms with Crippen LogP contribution in [-0.4, -0.2) is 21.4 Å². The van der Waals surface area contributed by atoms with E-state index in [0.717, 1.165) is 17.6 Å². The van der Waals surface area contributed by atoms with E-state index in [0.29, 0.717) is 21.5 Å². The summed E-state index contributed by atoms with van der Waals surface area (Å²) in [6, 6.07) is 3.63. The average molecular weight is 373 g/mol. The van der Waals surface area contributed by atoms with Crippen LogP contribution in [0, 0.1) is 5.82 Å². The first kappa shape index (κ1) is 15.5. The first-order chi connectivity index (χ1) is 10.0. The Bertz CT molecular complexity index is 692. The van der Waals surface area contributed by atoms with E-state index in [4.69, 9.17) is 0 Å². The van der Waals surface area contributed by atoms with Crippen molar-refractivity contribution in [2.45, 2.75) is 13.3 Å². The maximum atomic E-state index is 13.0. The Labute approximate surface area is 132 Å². The van der Waals surface area contributed by atoms with Gasteiger partial charge in [-0.1, -0.05) is 11.4 Å². The quantitative estimate of drug-likeness (QED) is 0.807. The molecule has 110 valence electrons. The predicted molar refractivity (Wildman–Crippen MR) is 78.3 cm³/mol. The Balaban J connectivity index is 2.02. The number of carbonyl (C=O) groups is 2. The fourth-order valence-corrected chi connectivity index (χ4v) is 2.70. The van der Waals surface area contributed by atoms with Crippen LogP contribution in [0.3, 0.4) is 0 Å². The molecule has 1 aromatic carbocycles. The van der Waals surface area contributed by atoms with Crippen molar-refractivity contribution in [1.29, 1.82) is 0 Å². The van der Waals surface area contributed by atoms with E-state index >= 15 is 0 Å². The van der Waals surface area contributed by atoms with Gasteiger partial charge in [-0.2, -0.15) is 0 Å². The van der Waals surface area contributed by atoms with Gasteiger partial charge >= 0.3 is 0 Å². The summed E-state index contributed by atoms with van der Waals surface area (Å²) in [6.45, 7) is 1.85. The molecule has 0 saturated heterocycles. The lowest BCUT2D eigenvalue weighted by Gasteiger charge is -2.08. The van der Waals surface area contributed by atoms with Gasteiger partial charge in [0.25, 0.3) is 11.8 Å². The molecule has 9 heteroatoms. The molecule has 1 heterocycles. The van der Waals surface area contributed by atoms with Gasteiger partial charge in [0.1, 0.15) is 10.7 Å². The molecule has 0 saturated carbocycles. The molecule has 0 bridgehead atoms. The topological polar surface area (TPSA) is 84.0 Å². The van der Waals surface area contributed by atoms with Gasteiger partial charge in [-0.05, 0) is 52.1 Å². The molecule has 21 heavy (non-hydrogen) atoms. The summed E-state index contributed by atoms with van der Waals surface area (Å²) in [7, 11) is 0. The number of aromatic nitrogens is 2. The van der Waals surface area contributed by atoms with Crippen LogP contribution in [0.2, 0.25) is 0 Å². The van der Waals surface area contributed by atoms with Crippen molar-refractivity contribution in [3.05, 3.63) is 44.6 Å². The second-order valence-corrected chi connectivity index (χ2v) is 5.54. The van der Waals surface area contributed by atoms with Crippen LogP contribution in [0.4, 0.5) is 4.39 Å². The van der Waals surface area contributed by atoms with Crippen molar-refractivity contribution < 1.29 is 14.0 Å². The zero-order chi connectivity index (χ0) is 15.4. The highest BCUT2D eigenvalue weighted by atomic mass is 79.9. The normalized spacial score (nSPS) is 10.2. The first-order valence-electron chi connectivity index (χ1n) is 5.90. The molecule has 1 aromatic heterocycles. The summed E-state index contributed by atoms with van der Waals surface area (Å²) in [6.07, 6.45) is 0.566. The van der Waals surface area contributed by atoms with Crippen molar-refractivity contribution in [2.75, 3.05) is 0 Å². The zero-order valence-corrected chi connectivity index (χ0v) is 13.2. The highest BCUT2D eigenvalue weighted by Gasteiger charge is 2.17. The predicted octanol–water partition coefficient (Wildman–Crippen LogP) is 2.08. The number of carbonyl (C=O) groups excluding carboxylic acids is 2. The lowest BCUT2D eigenvalue weighted by atomic mass is 10.2. The highest BCUT2D eigenvalue weighted by molar-refractivity contribution is 9.10. The minimum absolute atomic E-state index is 0.204. The third-order valence-electron chi connectivity index (χ3n) is 2.56. The Kier molecular flexibility index (Phi) is 4.97. The van der Waals surface area contributed by atoms with E-state index in [2.05, 4.69) is 36.4 Å². The molecule has 0 fully saturated rings. The molecule has 0 aliphatic heterocycles. The fraction of sp³-hybridized carbons (Fsp3) is 0.167. The largest absolute Gasteiger partial charge is 0.283 e. The van der Waals surface area contributed by atoms with Crippen molar-refractivity contribution >= 4 is 39.3 Å². The molecule has 0 aliphatic rings. The Hall–Kier alpha value is -1.87. The summed E-state index contributed by atoms with van der Waals surface area (Å²) in [5.74, 6) is -1.52. The number of hydrazine groups is 1. The second kappa shape index (κ2) is 6.72. The minimum Gasteiger partial charge on any atom is -0.267 e. The van der Waals surface area contributed by atoms with Crippen molar-refractivity contribution in [1.82, 2.24) is 20.4 Å². The molecular weight excluding hydrogens is 363 g/mol. The van der Waals surface area contributed by atoms with Crippen LogP contribution < -0.4 is 10.9 Å². The minimum atomic E-state index is -0.564. The van der Waals surface area contributed by atoms with Gasteiger partial charge in [0.15, 0.2) is 0 Å². The first-order valence-corrected chi connectivity index (χ1v) is 7.46. The van der Waals surface area contributed by atoms with Gasteiger partial charge in [0.2, 0.25) is 0 Å². The maximum Gasteiger partial charge on any atom is 0.283 e.